The fraction of sp³-hybridized carbons (Fsp3) is 0.727. The molecule has 0 amide bonds. The SMILES string of the molecule is C=C1CCC2C(C)(CCC(OC(C)=O)C2(C)C(=O)O)C1CCC(C)=CCO. The third kappa shape index (κ3) is 3.98. The van der Waals surface area contributed by atoms with Gasteiger partial charge in [-0.1, -0.05) is 30.7 Å². The molecule has 5 atom stereocenters. The summed E-state index contributed by atoms with van der Waals surface area (Å²) >= 11 is 0. The van der Waals surface area contributed by atoms with Gasteiger partial charge in [-0.05, 0) is 69.6 Å². The summed E-state index contributed by atoms with van der Waals surface area (Å²) in [5.74, 6) is -1.14. The maximum absolute atomic E-state index is 12.4. The first kappa shape index (κ1) is 21.7. The fourth-order valence-corrected chi connectivity index (χ4v) is 5.67. The molecule has 152 valence electrons. The Hall–Kier alpha value is -1.62. The van der Waals surface area contributed by atoms with Crippen molar-refractivity contribution < 1.29 is 24.5 Å². The van der Waals surface area contributed by atoms with E-state index in [2.05, 4.69) is 13.5 Å². The number of carbonyl (C=O) groups excluding carboxylic acids is 1. The Morgan fingerprint density at radius 2 is 1.96 bits per heavy atom. The maximum atomic E-state index is 12.4. The molecule has 0 aromatic rings. The number of hydrogen-bond donors (Lipinski definition) is 2. The first-order valence-corrected chi connectivity index (χ1v) is 9.92. The van der Waals surface area contributed by atoms with Crippen LogP contribution in [0.25, 0.3) is 0 Å². The number of carboxylic acids is 1. The number of rotatable bonds is 6. The normalized spacial score (nSPS) is 36.9. The van der Waals surface area contributed by atoms with Crippen molar-refractivity contribution in [3.63, 3.8) is 0 Å². The minimum Gasteiger partial charge on any atom is -0.481 e. The summed E-state index contributed by atoms with van der Waals surface area (Å²) in [4.78, 5) is 23.9. The van der Waals surface area contributed by atoms with Gasteiger partial charge in [-0.3, -0.25) is 9.59 Å². The lowest BCUT2D eigenvalue weighted by molar-refractivity contribution is -0.194. The first-order valence-electron chi connectivity index (χ1n) is 9.92. The summed E-state index contributed by atoms with van der Waals surface area (Å²) in [6.45, 7) is 11.7. The van der Waals surface area contributed by atoms with Gasteiger partial charge < -0.3 is 14.9 Å². The molecule has 0 radical (unpaired) electrons. The first-order chi connectivity index (χ1) is 12.6. The van der Waals surface area contributed by atoms with Crippen molar-refractivity contribution in [3.05, 3.63) is 23.8 Å². The highest BCUT2D eigenvalue weighted by molar-refractivity contribution is 5.77. The Labute approximate surface area is 162 Å². The lowest BCUT2D eigenvalue weighted by Crippen LogP contribution is -2.60. The molecular formula is C22H34O5. The number of aliphatic carboxylic acids is 1. The van der Waals surface area contributed by atoms with E-state index in [1.165, 1.54) is 12.5 Å². The number of esters is 1. The number of fused-ring (bicyclic) bond motifs is 1. The van der Waals surface area contributed by atoms with Crippen LogP contribution < -0.4 is 0 Å². The van der Waals surface area contributed by atoms with Crippen molar-refractivity contribution >= 4 is 11.9 Å². The van der Waals surface area contributed by atoms with Crippen LogP contribution in [0.4, 0.5) is 0 Å². The number of carbonyl (C=O) groups is 2. The third-order valence-electron chi connectivity index (χ3n) is 7.21. The molecule has 5 heteroatoms. The number of ether oxygens (including phenoxy) is 1. The summed E-state index contributed by atoms with van der Waals surface area (Å²) in [5.41, 5.74) is 1.07. The van der Waals surface area contributed by atoms with Crippen molar-refractivity contribution in [1.29, 1.82) is 0 Å². The molecule has 5 unspecified atom stereocenters. The van der Waals surface area contributed by atoms with Crippen LogP contribution in [0.1, 0.15) is 66.2 Å². The van der Waals surface area contributed by atoms with E-state index >= 15 is 0 Å². The molecule has 2 fully saturated rings. The molecule has 0 saturated heterocycles. The average molecular weight is 379 g/mol. The zero-order valence-electron chi connectivity index (χ0n) is 17.1. The molecule has 0 bridgehead atoms. The molecule has 2 aliphatic rings. The second kappa shape index (κ2) is 8.17. The molecular weight excluding hydrogens is 344 g/mol. The Morgan fingerprint density at radius 3 is 2.52 bits per heavy atom. The molecule has 0 aromatic carbocycles. The predicted octanol–water partition coefficient (Wildman–Crippen LogP) is 4.11. The van der Waals surface area contributed by atoms with E-state index < -0.39 is 23.5 Å². The van der Waals surface area contributed by atoms with E-state index in [4.69, 9.17) is 9.84 Å². The molecule has 0 aromatic heterocycles. The summed E-state index contributed by atoms with van der Waals surface area (Å²) in [6.07, 6.45) is 5.96. The van der Waals surface area contributed by atoms with Crippen molar-refractivity contribution in [1.82, 2.24) is 0 Å². The van der Waals surface area contributed by atoms with Crippen LogP contribution in [0.3, 0.4) is 0 Å². The molecule has 0 spiro atoms. The quantitative estimate of drug-likeness (QED) is 0.537. The highest BCUT2D eigenvalue weighted by Crippen LogP contribution is 2.62. The lowest BCUT2D eigenvalue weighted by atomic mass is 9.46. The van der Waals surface area contributed by atoms with Gasteiger partial charge in [0.1, 0.15) is 11.5 Å². The van der Waals surface area contributed by atoms with Crippen molar-refractivity contribution in [2.24, 2.45) is 22.7 Å². The van der Waals surface area contributed by atoms with Crippen LogP contribution >= 0.6 is 0 Å². The Balaban J connectivity index is 2.35. The molecule has 27 heavy (non-hydrogen) atoms. The largest absolute Gasteiger partial charge is 0.481 e. The van der Waals surface area contributed by atoms with Gasteiger partial charge in [0, 0.05) is 6.92 Å². The summed E-state index contributed by atoms with van der Waals surface area (Å²) < 4.78 is 5.48. The van der Waals surface area contributed by atoms with E-state index in [-0.39, 0.29) is 23.9 Å². The Morgan fingerprint density at radius 1 is 1.30 bits per heavy atom. The zero-order chi connectivity index (χ0) is 20.4. The fourth-order valence-electron chi connectivity index (χ4n) is 5.67. The van der Waals surface area contributed by atoms with E-state index in [0.717, 1.165) is 37.7 Å². The van der Waals surface area contributed by atoms with E-state index in [0.29, 0.717) is 6.42 Å². The summed E-state index contributed by atoms with van der Waals surface area (Å²) in [6, 6.07) is 0. The predicted molar refractivity (Wildman–Crippen MR) is 104 cm³/mol. The van der Waals surface area contributed by atoms with E-state index in [1.54, 1.807) is 6.92 Å². The number of hydrogen-bond acceptors (Lipinski definition) is 4. The maximum Gasteiger partial charge on any atom is 0.313 e. The van der Waals surface area contributed by atoms with Gasteiger partial charge in [0.2, 0.25) is 0 Å². The van der Waals surface area contributed by atoms with Gasteiger partial charge in [-0.15, -0.1) is 0 Å². The smallest absolute Gasteiger partial charge is 0.313 e. The summed E-state index contributed by atoms with van der Waals surface area (Å²) in [5, 5.41) is 19.2. The van der Waals surface area contributed by atoms with Crippen LogP contribution in [0.15, 0.2) is 23.8 Å². The van der Waals surface area contributed by atoms with E-state index in [1.807, 2.05) is 13.0 Å². The highest BCUT2D eigenvalue weighted by atomic mass is 16.5. The monoisotopic (exact) mass is 378 g/mol. The minimum absolute atomic E-state index is 0.0402. The van der Waals surface area contributed by atoms with Gasteiger partial charge in [0.05, 0.1) is 6.61 Å². The van der Waals surface area contributed by atoms with Crippen molar-refractivity contribution in [2.45, 2.75) is 72.3 Å². The molecule has 2 aliphatic carbocycles. The second-order valence-electron chi connectivity index (χ2n) is 8.80. The van der Waals surface area contributed by atoms with Crippen LogP contribution in [0.2, 0.25) is 0 Å². The molecule has 0 aliphatic heterocycles. The van der Waals surface area contributed by atoms with Crippen LogP contribution in [-0.2, 0) is 14.3 Å². The minimum atomic E-state index is -1.09. The van der Waals surface area contributed by atoms with Crippen molar-refractivity contribution in [2.75, 3.05) is 6.61 Å². The number of aliphatic hydroxyl groups is 1. The Kier molecular flexibility index (Phi) is 6.56. The lowest BCUT2D eigenvalue weighted by Gasteiger charge is -2.59. The molecule has 2 saturated carbocycles. The van der Waals surface area contributed by atoms with Crippen molar-refractivity contribution in [3.8, 4) is 0 Å². The highest BCUT2D eigenvalue weighted by Gasteiger charge is 2.62. The van der Waals surface area contributed by atoms with Gasteiger partial charge >= 0.3 is 11.9 Å². The van der Waals surface area contributed by atoms with Crippen LogP contribution in [0.5, 0.6) is 0 Å². The number of carboxylic acid groups (broad SMARTS) is 1. The average Bonchev–Trinajstić information content (AvgIpc) is 2.56. The molecule has 2 rings (SSSR count). The molecule has 2 N–H and O–H groups in total. The Bertz CT molecular complexity index is 637. The van der Waals surface area contributed by atoms with Gasteiger partial charge in [0.25, 0.3) is 0 Å². The van der Waals surface area contributed by atoms with E-state index in [9.17, 15) is 14.7 Å². The standard InChI is InChI=1S/C22H34O5/c1-14(11-13-23)6-8-17-15(2)7-9-18-21(17,4)12-10-19(27-16(3)24)22(18,5)20(25)26/h11,17-19,23H,2,6-10,12-13H2,1,3-5H3,(H,25,26). The van der Waals surface area contributed by atoms with Gasteiger partial charge in [-0.2, -0.15) is 0 Å². The molecule has 0 heterocycles. The summed E-state index contributed by atoms with van der Waals surface area (Å²) in [7, 11) is 0. The van der Waals surface area contributed by atoms with Crippen LogP contribution in [-0.4, -0.2) is 34.9 Å². The number of allylic oxidation sites excluding steroid dienone is 2. The topological polar surface area (TPSA) is 83.8 Å². The number of aliphatic hydroxyl groups excluding tert-OH is 1. The van der Waals surface area contributed by atoms with Gasteiger partial charge in [0.15, 0.2) is 0 Å². The third-order valence-corrected chi connectivity index (χ3v) is 7.21. The van der Waals surface area contributed by atoms with Crippen LogP contribution in [0, 0.1) is 22.7 Å². The molecule has 5 nitrogen and oxygen atoms in total. The second-order valence-corrected chi connectivity index (χ2v) is 8.80. The zero-order valence-corrected chi connectivity index (χ0v) is 17.1. The van der Waals surface area contributed by atoms with Gasteiger partial charge in [-0.25, -0.2) is 0 Å².